The maximum Gasteiger partial charge on any atom is 0.418 e. The van der Waals surface area contributed by atoms with Crippen LogP contribution in [-0.4, -0.2) is 73.9 Å². The van der Waals surface area contributed by atoms with Crippen molar-refractivity contribution in [2.24, 2.45) is 11.0 Å². The Balaban J connectivity index is 1.61. The molecule has 0 aromatic heterocycles. The van der Waals surface area contributed by atoms with Gasteiger partial charge < -0.3 is 24.7 Å². The van der Waals surface area contributed by atoms with Gasteiger partial charge in [-0.1, -0.05) is 0 Å². The summed E-state index contributed by atoms with van der Waals surface area (Å²) in [5.41, 5.74) is 2.33. The number of hydrogen-bond donors (Lipinski definition) is 2. The topological polar surface area (TPSA) is 71.8 Å². The van der Waals surface area contributed by atoms with Crippen LogP contribution in [0.25, 0.3) is 0 Å². The van der Waals surface area contributed by atoms with Gasteiger partial charge in [0.25, 0.3) is 0 Å². The first kappa shape index (κ1) is 25.3. The number of ether oxygens (including phenoxy) is 1. The molecule has 7 nitrogen and oxygen atoms in total. The number of hydrogen-bond acceptors (Lipinski definition) is 7. The second-order valence-electron chi connectivity index (χ2n) is 9.39. The number of methoxy groups -OCH3 is 1. The van der Waals surface area contributed by atoms with Crippen molar-refractivity contribution in [2.45, 2.75) is 12.6 Å². The molecule has 3 aliphatic rings. The number of β-amino-alcohol motifs (C(OH)–C–C–N with tert-alkyl or cyclic N) is 1. The SMILES string of the molecule is COc1cc(C2=NN(c3cc(N4CC(CO)C4)ccc3C(F)(F)F)CC3=C2CCN3CCO)ccc1F. The van der Waals surface area contributed by atoms with Crippen molar-refractivity contribution >= 4 is 17.1 Å². The monoisotopic (exact) mass is 520 g/mol. The van der Waals surface area contributed by atoms with Crippen LogP contribution in [0.3, 0.4) is 0 Å². The van der Waals surface area contributed by atoms with Crippen LogP contribution in [0, 0.1) is 11.7 Å². The van der Waals surface area contributed by atoms with E-state index in [9.17, 15) is 27.8 Å². The van der Waals surface area contributed by atoms with E-state index in [2.05, 4.69) is 5.10 Å². The van der Waals surface area contributed by atoms with Crippen LogP contribution in [0.1, 0.15) is 17.5 Å². The minimum atomic E-state index is -4.61. The number of aliphatic hydroxyl groups is 2. The van der Waals surface area contributed by atoms with E-state index in [1.54, 1.807) is 0 Å². The quantitative estimate of drug-likeness (QED) is 0.545. The second-order valence-corrected chi connectivity index (χ2v) is 9.39. The van der Waals surface area contributed by atoms with E-state index in [4.69, 9.17) is 4.74 Å². The molecule has 37 heavy (non-hydrogen) atoms. The first-order valence-corrected chi connectivity index (χ1v) is 12.1. The lowest BCUT2D eigenvalue weighted by atomic mass is 9.97. The van der Waals surface area contributed by atoms with Gasteiger partial charge >= 0.3 is 6.18 Å². The third kappa shape index (κ3) is 4.73. The van der Waals surface area contributed by atoms with Gasteiger partial charge in [0.2, 0.25) is 0 Å². The van der Waals surface area contributed by atoms with Crippen molar-refractivity contribution < 1.29 is 32.5 Å². The minimum Gasteiger partial charge on any atom is -0.494 e. The standard InChI is InChI=1S/C26H28F4N4O3/c1-37-24-10-17(2-5-21(24)27)25-19-6-7-32(8-9-35)23(19)14-34(31-25)22-11-18(33-12-16(13-33)15-36)3-4-20(22)26(28,29)30/h2-5,10-11,16,35-36H,6-9,12-15H2,1H3. The van der Waals surface area contributed by atoms with Gasteiger partial charge in [-0.15, -0.1) is 0 Å². The fourth-order valence-corrected chi connectivity index (χ4v) is 5.14. The second kappa shape index (κ2) is 9.86. The number of rotatable bonds is 7. The Hall–Kier alpha value is -3.31. The molecule has 0 bridgehead atoms. The summed E-state index contributed by atoms with van der Waals surface area (Å²) in [6.07, 6.45) is -4.01. The molecule has 2 aromatic carbocycles. The van der Waals surface area contributed by atoms with E-state index in [0.29, 0.717) is 49.6 Å². The summed E-state index contributed by atoms with van der Waals surface area (Å²) in [6, 6.07) is 8.27. The Kier molecular flexibility index (Phi) is 6.76. The molecular formula is C26H28F4N4O3. The molecule has 0 spiro atoms. The summed E-state index contributed by atoms with van der Waals surface area (Å²) < 4.78 is 61.7. The van der Waals surface area contributed by atoms with E-state index in [0.717, 1.165) is 17.3 Å². The van der Waals surface area contributed by atoms with Crippen LogP contribution in [0.15, 0.2) is 52.8 Å². The maximum atomic E-state index is 14.1. The first-order valence-electron chi connectivity index (χ1n) is 12.1. The predicted octanol–water partition coefficient (Wildman–Crippen LogP) is 3.46. The average molecular weight is 521 g/mol. The number of halogens is 4. The molecule has 2 N–H and O–H groups in total. The van der Waals surface area contributed by atoms with Crippen molar-refractivity contribution in [3.63, 3.8) is 0 Å². The van der Waals surface area contributed by atoms with E-state index in [1.165, 1.54) is 42.5 Å². The van der Waals surface area contributed by atoms with Gasteiger partial charge in [-0.2, -0.15) is 18.3 Å². The number of benzene rings is 2. The van der Waals surface area contributed by atoms with Gasteiger partial charge in [0.1, 0.15) is 0 Å². The molecule has 1 saturated heterocycles. The normalized spacial score (nSPS) is 18.2. The highest BCUT2D eigenvalue weighted by Gasteiger charge is 2.39. The molecule has 198 valence electrons. The molecule has 1 fully saturated rings. The third-order valence-electron chi connectivity index (χ3n) is 7.11. The van der Waals surface area contributed by atoms with Gasteiger partial charge in [-0.25, -0.2) is 4.39 Å². The third-order valence-corrected chi connectivity index (χ3v) is 7.11. The van der Waals surface area contributed by atoms with Crippen molar-refractivity contribution in [3.8, 4) is 5.75 Å². The minimum absolute atomic E-state index is 0.0129. The fraction of sp³-hybridized carbons (Fsp3) is 0.423. The highest BCUT2D eigenvalue weighted by atomic mass is 19.4. The molecule has 3 heterocycles. The van der Waals surface area contributed by atoms with Crippen molar-refractivity contribution in [3.05, 3.63) is 64.6 Å². The van der Waals surface area contributed by atoms with Crippen LogP contribution in [-0.2, 0) is 6.18 Å². The molecule has 5 rings (SSSR count). The molecule has 0 aliphatic carbocycles. The Bertz CT molecular complexity index is 1240. The van der Waals surface area contributed by atoms with Gasteiger partial charge in [-0.05, 0) is 42.8 Å². The van der Waals surface area contributed by atoms with E-state index < -0.39 is 17.6 Å². The lowest BCUT2D eigenvalue weighted by Crippen LogP contribution is -2.48. The van der Waals surface area contributed by atoms with Crippen molar-refractivity contribution in [2.75, 3.05) is 63.0 Å². The van der Waals surface area contributed by atoms with Crippen LogP contribution in [0.2, 0.25) is 0 Å². The highest BCUT2D eigenvalue weighted by molar-refractivity contribution is 6.14. The number of anilines is 2. The summed E-state index contributed by atoms with van der Waals surface area (Å²) >= 11 is 0. The van der Waals surface area contributed by atoms with Crippen molar-refractivity contribution in [1.82, 2.24) is 4.90 Å². The van der Waals surface area contributed by atoms with E-state index in [-0.39, 0.29) is 37.1 Å². The molecule has 0 amide bonds. The summed E-state index contributed by atoms with van der Waals surface area (Å²) in [4.78, 5) is 3.87. The largest absolute Gasteiger partial charge is 0.494 e. The summed E-state index contributed by atoms with van der Waals surface area (Å²) in [6.45, 7) is 2.09. The maximum absolute atomic E-state index is 14.1. The fourth-order valence-electron chi connectivity index (χ4n) is 5.14. The smallest absolute Gasteiger partial charge is 0.418 e. The van der Waals surface area contributed by atoms with Gasteiger partial charge in [0.15, 0.2) is 11.6 Å². The Morgan fingerprint density at radius 3 is 2.57 bits per heavy atom. The van der Waals surface area contributed by atoms with Crippen LogP contribution < -0.4 is 14.6 Å². The molecule has 0 atom stereocenters. The van der Waals surface area contributed by atoms with E-state index >= 15 is 0 Å². The predicted molar refractivity (Wildman–Crippen MR) is 131 cm³/mol. The Labute approximate surface area is 211 Å². The number of nitrogens with zero attached hydrogens (tertiary/aromatic N) is 4. The number of alkyl halides is 3. The lowest BCUT2D eigenvalue weighted by molar-refractivity contribution is -0.137. The molecule has 2 aromatic rings. The lowest BCUT2D eigenvalue weighted by Gasteiger charge is -2.41. The summed E-state index contributed by atoms with van der Waals surface area (Å²) in [5.74, 6) is -0.444. The zero-order chi connectivity index (χ0) is 26.3. The zero-order valence-electron chi connectivity index (χ0n) is 20.3. The van der Waals surface area contributed by atoms with Gasteiger partial charge in [-0.3, -0.25) is 5.01 Å². The Morgan fingerprint density at radius 1 is 1.11 bits per heavy atom. The van der Waals surface area contributed by atoms with Gasteiger partial charge in [0.05, 0.1) is 37.2 Å². The first-order chi connectivity index (χ1) is 17.7. The summed E-state index contributed by atoms with van der Waals surface area (Å²) in [5, 5.41) is 24.9. The molecule has 0 saturated carbocycles. The molecular weight excluding hydrogens is 492 g/mol. The molecule has 11 heteroatoms. The van der Waals surface area contributed by atoms with Crippen LogP contribution in [0.5, 0.6) is 5.75 Å². The molecule has 0 unspecified atom stereocenters. The van der Waals surface area contributed by atoms with E-state index in [1.807, 2.05) is 9.80 Å². The molecule has 3 aliphatic heterocycles. The summed E-state index contributed by atoms with van der Waals surface area (Å²) in [7, 11) is 1.35. The number of aliphatic hydroxyl groups excluding tert-OH is 2. The molecule has 0 radical (unpaired) electrons. The van der Waals surface area contributed by atoms with Gasteiger partial charge in [0, 0.05) is 61.2 Å². The zero-order valence-corrected chi connectivity index (χ0v) is 20.3. The highest BCUT2D eigenvalue weighted by Crippen LogP contribution is 2.42. The number of hydrazone groups is 1. The van der Waals surface area contributed by atoms with Crippen LogP contribution >= 0.6 is 0 Å². The Morgan fingerprint density at radius 2 is 1.89 bits per heavy atom. The van der Waals surface area contributed by atoms with Crippen LogP contribution in [0.4, 0.5) is 28.9 Å². The van der Waals surface area contributed by atoms with Crippen molar-refractivity contribution in [1.29, 1.82) is 0 Å². The average Bonchev–Trinajstić information content (AvgIpc) is 3.25.